The third-order valence-electron chi connectivity index (χ3n) is 6.12. The maximum absolute atomic E-state index is 13.6. The Hall–Kier alpha value is -3.18. The van der Waals surface area contributed by atoms with Crippen molar-refractivity contribution in [3.63, 3.8) is 0 Å². The molecule has 35 heavy (non-hydrogen) atoms. The highest BCUT2D eigenvalue weighted by Crippen LogP contribution is 2.25. The van der Waals surface area contributed by atoms with Gasteiger partial charge in [0, 0.05) is 32.7 Å². The lowest BCUT2D eigenvalue weighted by atomic mass is 10.1. The van der Waals surface area contributed by atoms with E-state index in [0.29, 0.717) is 29.7 Å². The molecule has 1 amide bonds. The highest BCUT2D eigenvalue weighted by molar-refractivity contribution is 7.89. The van der Waals surface area contributed by atoms with Crippen LogP contribution in [0.5, 0.6) is 0 Å². The van der Waals surface area contributed by atoms with Crippen molar-refractivity contribution in [1.29, 1.82) is 0 Å². The summed E-state index contributed by atoms with van der Waals surface area (Å²) in [6.07, 6.45) is 0. The summed E-state index contributed by atoms with van der Waals surface area (Å²) in [7, 11) is -4.04. The predicted octanol–water partition coefficient (Wildman–Crippen LogP) is 3.06. The fourth-order valence-electron chi connectivity index (χ4n) is 4.27. The van der Waals surface area contributed by atoms with Crippen molar-refractivity contribution in [2.24, 2.45) is 0 Å². The summed E-state index contributed by atoms with van der Waals surface area (Å²) in [5.74, 6) is -0.261. The van der Waals surface area contributed by atoms with Gasteiger partial charge < -0.3 is 4.90 Å². The van der Waals surface area contributed by atoms with Crippen LogP contribution in [-0.4, -0.2) is 59.1 Å². The normalized spacial score (nSPS) is 15.8. The zero-order chi connectivity index (χ0) is 24.3. The van der Waals surface area contributed by atoms with Gasteiger partial charge in [-0.25, -0.2) is 8.42 Å². The standard InChI is InChI=1S/C25H25N5O3S2/c31-25(30-16-14-29(15-17-30)18-19-8-3-1-4-9-19)23(20-10-5-2-6-11-20)28-35(32,33)22-13-7-12-21-24(22)27-34-26-21/h1-13,23,28H,14-18H2/t23-/m0/s1. The monoisotopic (exact) mass is 507 g/mol. The molecular formula is C25H25N5O3S2. The third kappa shape index (κ3) is 5.25. The first-order chi connectivity index (χ1) is 17.0. The smallest absolute Gasteiger partial charge is 0.245 e. The first kappa shape index (κ1) is 23.6. The highest BCUT2D eigenvalue weighted by atomic mass is 32.2. The van der Waals surface area contributed by atoms with Gasteiger partial charge in [0.25, 0.3) is 0 Å². The molecule has 5 rings (SSSR count). The Balaban J connectivity index is 1.35. The Labute approximate surface area is 208 Å². The fourth-order valence-corrected chi connectivity index (χ4v) is 6.22. The molecule has 0 spiro atoms. The summed E-state index contributed by atoms with van der Waals surface area (Å²) in [5.41, 5.74) is 2.64. The van der Waals surface area contributed by atoms with Crippen LogP contribution in [0.1, 0.15) is 17.2 Å². The molecule has 4 aromatic rings. The minimum Gasteiger partial charge on any atom is -0.338 e. The van der Waals surface area contributed by atoms with Crippen molar-refractivity contribution in [3.05, 3.63) is 90.0 Å². The van der Waals surface area contributed by atoms with E-state index in [1.54, 1.807) is 41.3 Å². The summed E-state index contributed by atoms with van der Waals surface area (Å²) in [6, 6.07) is 23.0. The second kappa shape index (κ2) is 10.2. The van der Waals surface area contributed by atoms with E-state index in [4.69, 9.17) is 0 Å². The number of fused-ring (bicyclic) bond motifs is 1. The van der Waals surface area contributed by atoms with Crippen molar-refractivity contribution in [2.75, 3.05) is 26.2 Å². The quantitative estimate of drug-likeness (QED) is 0.413. The Bertz CT molecular complexity index is 1400. The summed E-state index contributed by atoms with van der Waals surface area (Å²) in [5, 5.41) is 0. The SMILES string of the molecule is O=C([C@@H](NS(=O)(=O)c1cccc2nsnc12)c1ccccc1)N1CCN(Cc2ccccc2)CC1. The van der Waals surface area contributed by atoms with E-state index >= 15 is 0 Å². The molecule has 1 aliphatic heterocycles. The molecule has 2 heterocycles. The number of hydrogen-bond acceptors (Lipinski definition) is 7. The predicted molar refractivity (Wildman–Crippen MR) is 135 cm³/mol. The number of hydrogen-bond donors (Lipinski definition) is 1. The summed E-state index contributed by atoms with van der Waals surface area (Å²) < 4.78 is 37.8. The number of carbonyl (C=O) groups excluding carboxylic acids is 1. The van der Waals surface area contributed by atoms with Crippen molar-refractivity contribution in [3.8, 4) is 0 Å². The highest BCUT2D eigenvalue weighted by Gasteiger charge is 2.33. The summed E-state index contributed by atoms with van der Waals surface area (Å²) in [4.78, 5) is 17.7. The average Bonchev–Trinajstić information content (AvgIpc) is 3.38. The van der Waals surface area contributed by atoms with Crippen molar-refractivity contribution >= 4 is 38.7 Å². The van der Waals surface area contributed by atoms with Gasteiger partial charge in [-0.3, -0.25) is 9.69 Å². The van der Waals surface area contributed by atoms with Crippen LogP contribution in [0.3, 0.4) is 0 Å². The Kier molecular flexibility index (Phi) is 6.87. The van der Waals surface area contributed by atoms with Crippen molar-refractivity contribution in [1.82, 2.24) is 23.3 Å². The van der Waals surface area contributed by atoms with Crippen LogP contribution in [0.4, 0.5) is 0 Å². The molecule has 8 nitrogen and oxygen atoms in total. The molecule has 0 saturated carbocycles. The molecule has 1 atom stereocenters. The van der Waals surface area contributed by atoms with Crippen LogP contribution in [0.15, 0.2) is 83.8 Å². The van der Waals surface area contributed by atoms with Gasteiger partial charge in [-0.05, 0) is 23.3 Å². The maximum atomic E-state index is 13.6. The second-order valence-electron chi connectivity index (χ2n) is 8.44. The number of benzene rings is 3. The van der Waals surface area contributed by atoms with Crippen LogP contribution in [0, 0.1) is 0 Å². The molecule has 1 fully saturated rings. The fraction of sp³-hybridized carbons (Fsp3) is 0.240. The van der Waals surface area contributed by atoms with Gasteiger partial charge in [0.1, 0.15) is 22.0 Å². The Morgan fingerprint density at radius 1 is 0.886 bits per heavy atom. The molecule has 0 radical (unpaired) electrons. The lowest BCUT2D eigenvalue weighted by Gasteiger charge is -2.36. The van der Waals surface area contributed by atoms with Crippen molar-refractivity contribution in [2.45, 2.75) is 17.5 Å². The second-order valence-corrected chi connectivity index (χ2v) is 10.7. The van der Waals surface area contributed by atoms with Gasteiger partial charge in [-0.2, -0.15) is 13.5 Å². The zero-order valence-electron chi connectivity index (χ0n) is 18.9. The minimum absolute atomic E-state index is 0.0187. The molecule has 3 aromatic carbocycles. The summed E-state index contributed by atoms with van der Waals surface area (Å²) >= 11 is 0.956. The van der Waals surface area contributed by atoms with E-state index in [1.165, 1.54) is 11.6 Å². The number of sulfonamides is 1. The third-order valence-corrected chi connectivity index (χ3v) is 8.12. The van der Waals surface area contributed by atoms with E-state index < -0.39 is 16.1 Å². The van der Waals surface area contributed by atoms with E-state index in [0.717, 1.165) is 31.4 Å². The number of rotatable bonds is 7. The largest absolute Gasteiger partial charge is 0.338 e. The molecule has 10 heteroatoms. The first-order valence-electron chi connectivity index (χ1n) is 11.3. The van der Waals surface area contributed by atoms with Crippen LogP contribution in [0.2, 0.25) is 0 Å². The lowest BCUT2D eigenvalue weighted by molar-refractivity contribution is -0.135. The number of nitrogens with zero attached hydrogens (tertiary/aromatic N) is 4. The number of carbonyl (C=O) groups is 1. The van der Waals surface area contributed by atoms with Crippen molar-refractivity contribution < 1.29 is 13.2 Å². The number of aromatic nitrogens is 2. The Morgan fingerprint density at radius 3 is 2.29 bits per heavy atom. The molecule has 1 aromatic heterocycles. The Morgan fingerprint density at radius 2 is 1.57 bits per heavy atom. The number of nitrogens with one attached hydrogen (secondary N) is 1. The van der Waals surface area contributed by atoms with Crippen LogP contribution < -0.4 is 4.72 Å². The summed E-state index contributed by atoms with van der Waals surface area (Å²) in [6.45, 7) is 3.32. The van der Waals surface area contributed by atoms with E-state index in [9.17, 15) is 13.2 Å². The van der Waals surface area contributed by atoms with E-state index in [-0.39, 0.29) is 10.8 Å². The molecule has 0 unspecified atom stereocenters. The van der Waals surface area contributed by atoms with Crippen LogP contribution >= 0.6 is 11.7 Å². The molecule has 0 aliphatic carbocycles. The molecule has 1 aliphatic rings. The number of amides is 1. The van der Waals surface area contributed by atoms with Gasteiger partial charge in [0.2, 0.25) is 15.9 Å². The molecular weight excluding hydrogens is 482 g/mol. The number of piperazine rings is 1. The lowest BCUT2D eigenvalue weighted by Crippen LogP contribution is -2.51. The van der Waals surface area contributed by atoms with Crippen LogP contribution in [-0.2, 0) is 21.4 Å². The maximum Gasteiger partial charge on any atom is 0.245 e. The molecule has 1 N–H and O–H groups in total. The van der Waals surface area contributed by atoms with Crippen LogP contribution in [0.25, 0.3) is 11.0 Å². The van der Waals surface area contributed by atoms with E-state index in [2.05, 4.69) is 30.5 Å². The van der Waals surface area contributed by atoms with Gasteiger partial charge in [-0.15, -0.1) is 0 Å². The topological polar surface area (TPSA) is 95.5 Å². The van der Waals surface area contributed by atoms with Gasteiger partial charge in [0.05, 0.1) is 11.7 Å². The van der Waals surface area contributed by atoms with Gasteiger partial charge in [0.15, 0.2) is 0 Å². The average molecular weight is 508 g/mol. The van der Waals surface area contributed by atoms with Gasteiger partial charge >= 0.3 is 0 Å². The van der Waals surface area contributed by atoms with Gasteiger partial charge in [-0.1, -0.05) is 66.7 Å². The first-order valence-corrected chi connectivity index (χ1v) is 13.6. The molecule has 1 saturated heterocycles. The molecule has 180 valence electrons. The molecule has 0 bridgehead atoms. The van der Waals surface area contributed by atoms with E-state index in [1.807, 2.05) is 24.3 Å². The zero-order valence-corrected chi connectivity index (χ0v) is 20.6. The minimum atomic E-state index is -4.04.